The normalized spacial score (nSPS) is 34.1. The summed E-state index contributed by atoms with van der Waals surface area (Å²) in [5, 5.41) is 12.0. The van der Waals surface area contributed by atoms with Gasteiger partial charge in [-0.25, -0.2) is 8.42 Å². The molecule has 0 radical (unpaired) electrons. The van der Waals surface area contributed by atoms with Crippen LogP contribution in [0.4, 0.5) is 8.78 Å². The van der Waals surface area contributed by atoms with E-state index in [1.807, 2.05) is 13.1 Å². The molecule has 0 amide bonds. The van der Waals surface area contributed by atoms with Gasteiger partial charge in [0.15, 0.2) is 9.84 Å². The molecular formula is C19H23ClF2N4O3S2. The number of hydrogen-bond donors (Lipinski definition) is 1. The summed E-state index contributed by atoms with van der Waals surface area (Å²) in [6.07, 6.45) is 3.43. The van der Waals surface area contributed by atoms with E-state index in [4.69, 9.17) is 16.3 Å². The number of halogens is 3. The number of alkyl halides is 2. The molecule has 3 aliphatic heterocycles. The molecule has 0 bridgehead atoms. The molecule has 0 saturated carbocycles. The largest absolute Gasteiger partial charge is 0.363 e. The second-order valence-electron chi connectivity index (χ2n) is 8.94. The summed E-state index contributed by atoms with van der Waals surface area (Å²) < 4.78 is 60.2. The fraction of sp³-hybridized carbons (Fsp3) is 0.684. The van der Waals surface area contributed by atoms with Crippen molar-refractivity contribution in [3.8, 4) is 0 Å². The van der Waals surface area contributed by atoms with Crippen molar-refractivity contribution in [2.45, 2.75) is 56.3 Å². The van der Waals surface area contributed by atoms with Gasteiger partial charge in [-0.1, -0.05) is 16.8 Å². The highest BCUT2D eigenvalue weighted by atomic mass is 35.5. The van der Waals surface area contributed by atoms with Crippen molar-refractivity contribution >= 4 is 32.8 Å². The first-order chi connectivity index (χ1) is 14.6. The lowest BCUT2D eigenvalue weighted by Crippen LogP contribution is -2.51. The quantitative estimate of drug-likeness (QED) is 0.707. The minimum Gasteiger partial charge on any atom is -0.363 e. The SMILES string of the molecule is C[C@H]1C[C@@]2(C[C@@H](c3cn(CC4CCS(=O)(=O)C4)nn3)N1)OCC(F)(F)c1cc(Cl)sc12. The molecule has 1 unspecified atom stereocenters. The minimum atomic E-state index is -3.06. The maximum Gasteiger partial charge on any atom is 0.297 e. The van der Waals surface area contributed by atoms with Crippen LogP contribution in [-0.2, 0) is 32.6 Å². The summed E-state index contributed by atoms with van der Waals surface area (Å²) in [5.74, 6) is -2.63. The third kappa shape index (κ3) is 4.03. The summed E-state index contributed by atoms with van der Waals surface area (Å²) in [4.78, 5) is 0.496. The minimum absolute atomic E-state index is 0.00400. The van der Waals surface area contributed by atoms with Crippen molar-refractivity contribution in [1.29, 1.82) is 0 Å². The molecule has 7 nitrogen and oxygen atoms in total. The molecule has 4 atom stereocenters. The van der Waals surface area contributed by atoms with E-state index in [2.05, 4.69) is 15.6 Å². The summed E-state index contributed by atoms with van der Waals surface area (Å²) >= 11 is 7.28. The van der Waals surface area contributed by atoms with E-state index < -0.39 is 28.0 Å². The molecule has 0 aliphatic carbocycles. The summed E-state index contributed by atoms with van der Waals surface area (Å²) in [7, 11) is -2.95. The molecule has 12 heteroatoms. The van der Waals surface area contributed by atoms with Gasteiger partial charge in [-0.3, -0.25) is 4.68 Å². The first kappa shape index (κ1) is 21.7. The molecule has 3 aliphatic rings. The van der Waals surface area contributed by atoms with Crippen LogP contribution in [0.15, 0.2) is 12.3 Å². The number of nitrogens with zero attached hydrogens (tertiary/aromatic N) is 3. The Bertz CT molecular complexity index is 1110. The van der Waals surface area contributed by atoms with Gasteiger partial charge in [-0.2, -0.15) is 8.78 Å². The molecule has 2 aromatic heterocycles. The number of piperidine rings is 1. The smallest absolute Gasteiger partial charge is 0.297 e. The van der Waals surface area contributed by atoms with Crippen LogP contribution in [0.25, 0.3) is 0 Å². The van der Waals surface area contributed by atoms with Crippen LogP contribution in [0, 0.1) is 5.92 Å². The van der Waals surface area contributed by atoms with Crippen LogP contribution in [0.3, 0.4) is 0 Å². The molecule has 2 aromatic rings. The molecule has 31 heavy (non-hydrogen) atoms. The first-order valence-corrected chi connectivity index (χ1v) is 13.3. The van der Waals surface area contributed by atoms with Gasteiger partial charge < -0.3 is 10.1 Å². The van der Waals surface area contributed by atoms with Crippen molar-refractivity contribution in [1.82, 2.24) is 20.3 Å². The van der Waals surface area contributed by atoms with Crippen LogP contribution in [0.2, 0.25) is 4.34 Å². The highest BCUT2D eigenvalue weighted by molar-refractivity contribution is 7.91. The van der Waals surface area contributed by atoms with Gasteiger partial charge >= 0.3 is 0 Å². The second-order valence-corrected chi connectivity index (χ2v) is 12.9. The lowest BCUT2D eigenvalue weighted by atomic mass is 9.78. The van der Waals surface area contributed by atoms with E-state index in [-0.39, 0.29) is 35.1 Å². The summed E-state index contributed by atoms with van der Waals surface area (Å²) in [6.45, 7) is 1.81. The van der Waals surface area contributed by atoms with Crippen molar-refractivity contribution in [3.63, 3.8) is 0 Å². The van der Waals surface area contributed by atoms with Gasteiger partial charge in [0.25, 0.3) is 5.92 Å². The van der Waals surface area contributed by atoms with E-state index in [0.717, 1.165) is 11.3 Å². The lowest BCUT2D eigenvalue weighted by molar-refractivity contribution is -0.183. The van der Waals surface area contributed by atoms with E-state index >= 15 is 0 Å². The number of aromatic nitrogens is 3. The number of nitrogens with one attached hydrogen (secondary N) is 1. The van der Waals surface area contributed by atoms with Crippen LogP contribution in [0.5, 0.6) is 0 Å². The summed E-state index contributed by atoms with van der Waals surface area (Å²) in [5.41, 5.74) is -0.197. The van der Waals surface area contributed by atoms with E-state index in [9.17, 15) is 17.2 Å². The highest BCUT2D eigenvalue weighted by Gasteiger charge is 2.53. The number of sulfone groups is 1. The monoisotopic (exact) mass is 492 g/mol. The highest BCUT2D eigenvalue weighted by Crippen LogP contribution is 2.54. The fourth-order valence-corrected chi connectivity index (χ4v) is 8.34. The Morgan fingerprint density at radius 1 is 1.42 bits per heavy atom. The third-order valence-electron chi connectivity index (χ3n) is 6.38. The zero-order valence-corrected chi connectivity index (χ0v) is 19.2. The van der Waals surface area contributed by atoms with Gasteiger partial charge in [-0.05, 0) is 31.7 Å². The molecule has 1 spiro atoms. The Labute approximate surface area is 188 Å². The standard InChI is InChI=1S/C19H23ClF2N4O3S2/c1-11-5-18(17-13(4-16(20)30-17)19(21,22)10-29-18)6-14(23-11)15-8-26(25-24-15)7-12-2-3-31(27,28)9-12/h4,8,11-12,14,23H,2-3,5-7,9-10H2,1H3/t11-,12?,14-,18-/m0/s1. The van der Waals surface area contributed by atoms with Crippen molar-refractivity contribution in [2.75, 3.05) is 18.1 Å². The second kappa shape index (κ2) is 7.44. The Kier molecular flexibility index (Phi) is 5.21. The molecule has 1 N–H and O–H groups in total. The Morgan fingerprint density at radius 2 is 2.23 bits per heavy atom. The van der Waals surface area contributed by atoms with Crippen LogP contribution in [0.1, 0.15) is 48.4 Å². The van der Waals surface area contributed by atoms with E-state index in [1.54, 1.807) is 4.68 Å². The molecule has 2 fully saturated rings. The lowest BCUT2D eigenvalue weighted by Gasteiger charge is -2.47. The number of hydrogen-bond acceptors (Lipinski definition) is 7. The van der Waals surface area contributed by atoms with Crippen LogP contribution in [-0.4, -0.2) is 47.6 Å². The molecule has 5 heterocycles. The Morgan fingerprint density at radius 3 is 2.97 bits per heavy atom. The molecule has 5 rings (SSSR count). The third-order valence-corrected chi connectivity index (χ3v) is 9.67. The van der Waals surface area contributed by atoms with Crippen molar-refractivity contribution in [2.24, 2.45) is 5.92 Å². The van der Waals surface area contributed by atoms with Crippen molar-refractivity contribution in [3.05, 3.63) is 32.7 Å². The zero-order chi connectivity index (χ0) is 22.0. The maximum absolute atomic E-state index is 14.5. The van der Waals surface area contributed by atoms with Crippen LogP contribution >= 0.6 is 22.9 Å². The van der Waals surface area contributed by atoms with Gasteiger partial charge in [0.1, 0.15) is 12.2 Å². The van der Waals surface area contributed by atoms with Gasteiger partial charge in [0.05, 0.1) is 33.8 Å². The first-order valence-electron chi connectivity index (χ1n) is 10.2. The van der Waals surface area contributed by atoms with Gasteiger partial charge in [-0.15, -0.1) is 16.4 Å². The number of ether oxygens (including phenoxy) is 1. The number of rotatable bonds is 3. The fourth-order valence-electron chi connectivity index (χ4n) is 5.05. The average molecular weight is 493 g/mol. The van der Waals surface area contributed by atoms with E-state index in [1.165, 1.54) is 6.07 Å². The molecule has 170 valence electrons. The Balaban J connectivity index is 1.39. The summed E-state index contributed by atoms with van der Waals surface area (Å²) in [6, 6.07) is 1.13. The topological polar surface area (TPSA) is 86.1 Å². The molecule has 0 aromatic carbocycles. The van der Waals surface area contributed by atoms with E-state index in [0.29, 0.717) is 40.7 Å². The van der Waals surface area contributed by atoms with Gasteiger partial charge in [0, 0.05) is 29.4 Å². The number of thiophene rings is 1. The zero-order valence-electron chi connectivity index (χ0n) is 16.9. The molecular weight excluding hydrogens is 470 g/mol. The predicted molar refractivity (Wildman–Crippen MR) is 112 cm³/mol. The van der Waals surface area contributed by atoms with Gasteiger partial charge in [0.2, 0.25) is 0 Å². The average Bonchev–Trinajstić information content (AvgIpc) is 3.38. The Hall–Kier alpha value is -1.14. The molecule has 2 saturated heterocycles. The maximum atomic E-state index is 14.5. The number of fused-ring (bicyclic) bond motifs is 2. The van der Waals surface area contributed by atoms with Crippen molar-refractivity contribution < 1.29 is 21.9 Å². The van der Waals surface area contributed by atoms with Crippen LogP contribution < -0.4 is 5.32 Å². The predicted octanol–water partition coefficient (Wildman–Crippen LogP) is 3.26.